The zero-order valence-corrected chi connectivity index (χ0v) is 14.0. The molecule has 2 N–H and O–H groups in total. The van der Waals surface area contributed by atoms with Crippen molar-refractivity contribution in [3.8, 4) is 11.4 Å². The fourth-order valence-corrected chi connectivity index (χ4v) is 2.72. The highest BCUT2D eigenvalue weighted by atomic mass is 19.4. The van der Waals surface area contributed by atoms with E-state index < -0.39 is 11.7 Å². The van der Waals surface area contributed by atoms with Crippen LogP contribution in [0.4, 0.5) is 24.9 Å². The van der Waals surface area contributed by atoms with E-state index in [9.17, 15) is 13.2 Å². The van der Waals surface area contributed by atoms with Crippen LogP contribution < -0.4 is 5.32 Å². The number of anilines is 2. The number of fused-ring (bicyclic) bond motifs is 1. The highest BCUT2D eigenvalue weighted by Crippen LogP contribution is 2.37. The molecule has 0 radical (unpaired) electrons. The predicted molar refractivity (Wildman–Crippen MR) is 94.4 cm³/mol. The monoisotopic (exact) mass is 370 g/mol. The van der Waals surface area contributed by atoms with Gasteiger partial charge in [0.2, 0.25) is 5.95 Å². The first-order valence-electron chi connectivity index (χ1n) is 8.01. The maximum atomic E-state index is 13.4. The number of aromatic nitrogens is 5. The van der Waals surface area contributed by atoms with Crippen LogP contribution in [0.2, 0.25) is 0 Å². The second-order valence-corrected chi connectivity index (χ2v) is 5.83. The van der Waals surface area contributed by atoms with Gasteiger partial charge >= 0.3 is 6.18 Å². The first-order valence-corrected chi connectivity index (χ1v) is 8.01. The predicted octanol–water partition coefficient (Wildman–Crippen LogP) is 4.49. The van der Waals surface area contributed by atoms with Crippen molar-refractivity contribution >= 4 is 22.7 Å². The summed E-state index contributed by atoms with van der Waals surface area (Å²) in [5, 5.41) is 10.3. The van der Waals surface area contributed by atoms with Crippen molar-refractivity contribution in [2.75, 3.05) is 5.32 Å². The molecule has 0 spiro atoms. The second-order valence-electron chi connectivity index (χ2n) is 5.83. The number of nitrogens with zero attached hydrogens (tertiary/aromatic N) is 4. The minimum Gasteiger partial charge on any atom is -0.307 e. The smallest absolute Gasteiger partial charge is 0.307 e. The Kier molecular flexibility index (Phi) is 3.98. The summed E-state index contributed by atoms with van der Waals surface area (Å²) in [6.07, 6.45) is -4.51. The Morgan fingerprint density at radius 3 is 2.41 bits per heavy atom. The van der Waals surface area contributed by atoms with E-state index in [4.69, 9.17) is 0 Å². The van der Waals surface area contributed by atoms with Crippen molar-refractivity contribution in [1.29, 1.82) is 0 Å². The Bertz CT molecular complexity index is 1120. The quantitative estimate of drug-likeness (QED) is 0.556. The summed E-state index contributed by atoms with van der Waals surface area (Å²) >= 11 is 0. The number of benzene rings is 2. The largest absolute Gasteiger partial charge is 0.417 e. The van der Waals surface area contributed by atoms with E-state index in [1.54, 1.807) is 31.2 Å². The van der Waals surface area contributed by atoms with E-state index in [1.165, 1.54) is 18.2 Å². The molecule has 0 aliphatic carbocycles. The number of H-pyrrole nitrogens is 1. The molecule has 0 saturated carbocycles. The summed E-state index contributed by atoms with van der Waals surface area (Å²) in [6, 6.07) is 12.3. The maximum Gasteiger partial charge on any atom is 0.417 e. The van der Waals surface area contributed by atoms with Gasteiger partial charge in [-0.1, -0.05) is 30.3 Å². The number of aromatic amines is 1. The lowest BCUT2D eigenvalue weighted by Crippen LogP contribution is -2.09. The number of rotatable bonds is 3. The van der Waals surface area contributed by atoms with Crippen LogP contribution >= 0.6 is 0 Å². The van der Waals surface area contributed by atoms with Gasteiger partial charge in [-0.05, 0) is 25.1 Å². The van der Waals surface area contributed by atoms with Gasteiger partial charge in [0, 0.05) is 10.9 Å². The summed E-state index contributed by atoms with van der Waals surface area (Å²) in [4.78, 5) is 12.8. The average Bonchev–Trinajstić information content (AvgIpc) is 3.06. The zero-order valence-electron chi connectivity index (χ0n) is 14.0. The van der Waals surface area contributed by atoms with Crippen molar-refractivity contribution in [2.24, 2.45) is 0 Å². The molecule has 4 aromatic rings. The van der Waals surface area contributed by atoms with Gasteiger partial charge < -0.3 is 5.32 Å². The SMILES string of the molecule is Cc1nc(Nc2nc(-c3ccccc3C(F)(F)F)nc3ccccc23)n[nH]1. The highest BCUT2D eigenvalue weighted by molar-refractivity contribution is 5.91. The van der Waals surface area contributed by atoms with Gasteiger partial charge in [-0.3, -0.25) is 5.10 Å². The molecule has 2 aromatic heterocycles. The molecule has 2 aromatic carbocycles. The molecule has 0 bridgehead atoms. The Labute approximate surface area is 151 Å². The van der Waals surface area contributed by atoms with E-state index in [0.29, 0.717) is 22.5 Å². The van der Waals surface area contributed by atoms with Crippen LogP contribution in [0.3, 0.4) is 0 Å². The van der Waals surface area contributed by atoms with E-state index in [-0.39, 0.29) is 17.3 Å². The normalized spacial score (nSPS) is 11.7. The number of nitrogens with one attached hydrogen (secondary N) is 2. The molecular weight excluding hydrogens is 357 g/mol. The molecule has 4 rings (SSSR count). The molecule has 0 amide bonds. The molecule has 0 saturated heterocycles. The third kappa shape index (κ3) is 3.31. The Hall–Kier alpha value is -3.49. The number of para-hydroxylation sites is 1. The van der Waals surface area contributed by atoms with Crippen molar-refractivity contribution in [3.63, 3.8) is 0 Å². The third-order valence-corrected chi connectivity index (χ3v) is 3.90. The molecule has 6 nitrogen and oxygen atoms in total. The van der Waals surface area contributed by atoms with Crippen LogP contribution in [0.5, 0.6) is 0 Å². The van der Waals surface area contributed by atoms with Gasteiger partial charge in [0.15, 0.2) is 5.82 Å². The summed E-state index contributed by atoms with van der Waals surface area (Å²) in [5.41, 5.74) is -0.376. The number of hydrogen-bond acceptors (Lipinski definition) is 5. The van der Waals surface area contributed by atoms with Gasteiger partial charge in [-0.25, -0.2) is 9.97 Å². The average molecular weight is 370 g/mol. The second kappa shape index (κ2) is 6.35. The van der Waals surface area contributed by atoms with Crippen molar-refractivity contribution in [3.05, 3.63) is 59.9 Å². The van der Waals surface area contributed by atoms with Crippen LogP contribution in [0.1, 0.15) is 11.4 Å². The number of halogens is 3. The standard InChI is InChI=1S/C18H13F3N6/c1-10-22-17(27-26-10)25-16-12-7-3-5-9-14(12)23-15(24-16)11-6-2-4-8-13(11)18(19,20)21/h2-9H,1H3,(H2,22,23,24,25,26,27). The molecule has 2 heterocycles. The molecule has 0 aliphatic heterocycles. The lowest BCUT2D eigenvalue weighted by atomic mass is 10.1. The van der Waals surface area contributed by atoms with Gasteiger partial charge in [0.25, 0.3) is 0 Å². The van der Waals surface area contributed by atoms with Crippen LogP contribution in [-0.2, 0) is 6.18 Å². The minimum atomic E-state index is -4.51. The Morgan fingerprint density at radius 2 is 1.67 bits per heavy atom. The van der Waals surface area contributed by atoms with Crippen molar-refractivity contribution in [1.82, 2.24) is 25.1 Å². The fraction of sp³-hybridized carbons (Fsp3) is 0.111. The van der Waals surface area contributed by atoms with E-state index in [0.717, 1.165) is 6.07 Å². The van der Waals surface area contributed by atoms with Gasteiger partial charge in [0.1, 0.15) is 11.6 Å². The zero-order chi connectivity index (χ0) is 19.0. The lowest BCUT2D eigenvalue weighted by Gasteiger charge is -2.13. The Balaban J connectivity index is 1.91. The third-order valence-electron chi connectivity index (χ3n) is 3.90. The van der Waals surface area contributed by atoms with Gasteiger partial charge in [-0.2, -0.15) is 18.2 Å². The Morgan fingerprint density at radius 1 is 0.926 bits per heavy atom. The van der Waals surface area contributed by atoms with Crippen LogP contribution in [0.15, 0.2) is 48.5 Å². The molecule has 27 heavy (non-hydrogen) atoms. The molecule has 136 valence electrons. The first kappa shape index (κ1) is 17.0. The minimum absolute atomic E-state index is 0.0311. The highest BCUT2D eigenvalue weighted by Gasteiger charge is 2.34. The van der Waals surface area contributed by atoms with Crippen LogP contribution in [-0.4, -0.2) is 25.1 Å². The van der Waals surface area contributed by atoms with E-state index in [1.807, 2.05) is 0 Å². The molecule has 0 aliphatic rings. The van der Waals surface area contributed by atoms with Crippen LogP contribution in [0.25, 0.3) is 22.3 Å². The molecular formula is C18H13F3N6. The first-order chi connectivity index (χ1) is 12.9. The summed E-state index contributed by atoms with van der Waals surface area (Å²) in [5.74, 6) is 1.16. The van der Waals surface area contributed by atoms with E-state index >= 15 is 0 Å². The van der Waals surface area contributed by atoms with Gasteiger partial charge in [0.05, 0.1) is 11.1 Å². The summed E-state index contributed by atoms with van der Waals surface area (Å²) in [6.45, 7) is 1.74. The summed E-state index contributed by atoms with van der Waals surface area (Å²) < 4.78 is 40.2. The molecule has 0 atom stereocenters. The maximum absolute atomic E-state index is 13.4. The lowest BCUT2D eigenvalue weighted by molar-refractivity contribution is -0.137. The fourth-order valence-electron chi connectivity index (χ4n) is 2.72. The van der Waals surface area contributed by atoms with Crippen LogP contribution in [0, 0.1) is 6.92 Å². The topological polar surface area (TPSA) is 79.4 Å². The van der Waals surface area contributed by atoms with Gasteiger partial charge in [-0.15, -0.1) is 5.10 Å². The molecule has 0 unspecified atom stereocenters. The number of hydrogen-bond donors (Lipinski definition) is 2. The molecule has 0 fully saturated rings. The van der Waals surface area contributed by atoms with Crippen molar-refractivity contribution < 1.29 is 13.2 Å². The molecule has 9 heteroatoms. The number of alkyl halides is 3. The van der Waals surface area contributed by atoms with Crippen molar-refractivity contribution in [2.45, 2.75) is 13.1 Å². The summed E-state index contributed by atoms with van der Waals surface area (Å²) in [7, 11) is 0. The number of aryl methyl sites for hydroxylation is 1. The van der Waals surface area contributed by atoms with E-state index in [2.05, 4.69) is 30.5 Å².